The Bertz CT molecular complexity index is 346. The third kappa shape index (κ3) is 1.69. The first-order valence-corrected chi connectivity index (χ1v) is 6.19. The minimum Gasteiger partial charge on any atom is -0.370 e. The van der Waals surface area contributed by atoms with E-state index in [2.05, 4.69) is 33.9 Å². The Morgan fingerprint density at radius 3 is 3.00 bits per heavy atom. The molecule has 3 rings (SSSR count). The van der Waals surface area contributed by atoms with Gasteiger partial charge in [0.15, 0.2) is 0 Å². The van der Waals surface area contributed by atoms with Crippen LogP contribution in [0.3, 0.4) is 0 Å². The van der Waals surface area contributed by atoms with Gasteiger partial charge in [-0.05, 0) is 48.3 Å². The zero-order chi connectivity index (χ0) is 9.60. The van der Waals surface area contributed by atoms with Crippen LogP contribution < -0.4 is 0 Å². The van der Waals surface area contributed by atoms with E-state index in [0.29, 0.717) is 11.7 Å². The first-order chi connectivity index (χ1) is 6.76. The van der Waals surface area contributed by atoms with Crippen molar-refractivity contribution in [1.29, 1.82) is 0 Å². The molecule has 2 heterocycles. The average Bonchev–Trinajstić information content (AvgIpc) is 2.58. The van der Waals surface area contributed by atoms with Crippen LogP contribution in [0, 0.1) is 3.57 Å². The lowest BCUT2D eigenvalue weighted by atomic mass is 10.2. The van der Waals surface area contributed by atoms with Crippen LogP contribution in [0.25, 0.3) is 0 Å². The predicted molar refractivity (Wildman–Crippen MR) is 61.0 cm³/mol. The van der Waals surface area contributed by atoms with Gasteiger partial charge in [0, 0.05) is 6.20 Å². The molecule has 1 aromatic heterocycles. The summed E-state index contributed by atoms with van der Waals surface area (Å²) >= 11 is 2.28. The Morgan fingerprint density at radius 1 is 1.57 bits per heavy atom. The molecule has 0 radical (unpaired) electrons. The maximum Gasteiger partial charge on any atom is 0.0779 e. The molecule has 76 valence electrons. The quantitative estimate of drug-likeness (QED) is 0.783. The first-order valence-electron chi connectivity index (χ1n) is 5.12. The van der Waals surface area contributed by atoms with E-state index >= 15 is 0 Å². The topological polar surface area (TPSA) is 27.1 Å². The minimum atomic E-state index is 0.310. The molecule has 1 aliphatic carbocycles. The fourth-order valence-electron chi connectivity index (χ4n) is 2.18. The zero-order valence-corrected chi connectivity index (χ0v) is 10.1. The van der Waals surface area contributed by atoms with E-state index in [-0.39, 0.29) is 0 Å². The van der Waals surface area contributed by atoms with Crippen molar-refractivity contribution in [3.63, 3.8) is 0 Å². The molecule has 0 aromatic carbocycles. The van der Waals surface area contributed by atoms with Gasteiger partial charge in [0.25, 0.3) is 0 Å². The average molecular weight is 304 g/mol. The van der Waals surface area contributed by atoms with Gasteiger partial charge in [0.1, 0.15) is 0 Å². The predicted octanol–water partition coefficient (Wildman–Crippen LogP) is 2.20. The molecule has 1 saturated heterocycles. The summed E-state index contributed by atoms with van der Waals surface area (Å²) in [6.07, 6.45) is 9.38. The van der Waals surface area contributed by atoms with E-state index in [4.69, 9.17) is 4.74 Å². The zero-order valence-electron chi connectivity index (χ0n) is 7.95. The van der Waals surface area contributed by atoms with Crippen molar-refractivity contribution in [2.24, 2.45) is 0 Å². The van der Waals surface area contributed by atoms with Crippen LogP contribution >= 0.6 is 22.6 Å². The normalized spacial score (nSPS) is 28.5. The number of ether oxygens (including phenoxy) is 1. The molecule has 1 unspecified atom stereocenters. The molecule has 1 saturated carbocycles. The Morgan fingerprint density at radius 2 is 2.43 bits per heavy atom. The Labute approximate surface area is 97.0 Å². The monoisotopic (exact) mass is 304 g/mol. The largest absolute Gasteiger partial charge is 0.370 e. The van der Waals surface area contributed by atoms with Crippen LogP contribution in [0.1, 0.15) is 25.7 Å². The van der Waals surface area contributed by atoms with Crippen molar-refractivity contribution < 1.29 is 4.74 Å². The smallest absolute Gasteiger partial charge is 0.0779 e. The summed E-state index contributed by atoms with van der Waals surface area (Å²) in [6, 6.07) is 0. The molecule has 14 heavy (non-hydrogen) atoms. The van der Waals surface area contributed by atoms with Gasteiger partial charge in [-0.1, -0.05) is 0 Å². The number of halogens is 1. The maximum absolute atomic E-state index is 6.01. The number of hydrogen-bond donors (Lipinski definition) is 0. The molecule has 0 N–H and O–H groups in total. The van der Waals surface area contributed by atoms with Crippen molar-refractivity contribution in [3.05, 3.63) is 16.0 Å². The van der Waals surface area contributed by atoms with E-state index < -0.39 is 0 Å². The highest BCUT2D eigenvalue weighted by Gasteiger charge is 2.49. The summed E-state index contributed by atoms with van der Waals surface area (Å²) in [4.78, 5) is 0. The molecule has 1 spiro atoms. The number of rotatable bonds is 2. The lowest BCUT2D eigenvalue weighted by molar-refractivity contribution is 0.0177. The number of hydrogen-bond acceptors (Lipinski definition) is 2. The molecule has 0 amide bonds. The van der Waals surface area contributed by atoms with Gasteiger partial charge in [0.05, 0.1) is 28.0 Å². The molecule has 1 aliphatic heterocycles. The summed E-state index contributed by atoms with van der Waals surface area (Å²) in [7, 11) is 0. The van der Waals surface area contributed by atoms with E-state index in [1.807, 2.05) is 10.9 Å². The lowest BCUT2D eigenvalue weighted by Gasteiger charge is -2.12. The highest BCUT2D eigenvalue weighted by molar-refractivity contribution is 14.1. The van der Waals surface area contributed by atoms with Crippen molar-refractivity contribution in [2.45, 2.75) is 43.9 Å². The summed E-state index contributed by atoms with van der Waals surface area (Å²) in [5.74, 6) is 0. The van der Waals surface area contributed by atoms with Gasteiger partial charge in [-0.15, -0.1) is 0 Å². The fourth-order valence-corrected chi connectivity index (χ4v) is 2.62. The maximum atomic E-state index is 6.01. The molecule has 2 aliphatic rings. The van der Waals surface area contributed by atoms with Crippen LogP contribution in [0.5, 0.6) is 0 Å². The van der Waals surface area contributed by atoms with Crippen molar-refractivity contribution in [2.75, 3.05) is 0 Å². The first kappa shape index (κ1) is 9.15. The van der Waals surface area contributed by atoms with Crippen LogP contribution in [0.4, 0.5) is 0 Å². The van der Waals surface area contributed by atoms with E-state index in [1.54, 1.807) is 0 Å². The highest BCUT2D eigenvalue weighted by Crippen LogP contribution is 2.49. The standard InChI is InChI=1S/C10H13IN2O/c11-8-5-12-13(6-8)7-9-1-2-10(14-9)3-4-10/h5-6,9H,1-4,7H2. The Kier molecular flexibility index (Phi) is 2.09. The van der Waals surface area contributed by atoms with Crippen LogP contribution in [-0.2, 0) is 11.3 Å². The number of aromatic nitrogens is 2. The van der Waals surface area contributed by atoms with Crippen LogP contribution in [-0.4, -0.2) is 21.5 Å². The second-order valence-corrected chi connectivity index (χ2v) is 5.59. The second kappa shape index (κ2) is 3.20. The van der Waals surface area contributed by atoms with Gasteiger partial charge in [-0.3, -0.25) is 4.68 Å². The van der Waals surface area contributed by atoms with Crippen molar-refractivity contribution >= 4 is 22.6 Å². The van der Waals surface area contributed by atoms with E-state index in [0.717, 1.165) is 6.54 Å². The van der Waals surface area contributed by atoms with Crippen molar-refractivity contribution in [1.82, 2.24) is 9.78 Å². The van der Waals surface area contributed by atoms with Gasteiger partial charge in [-0.25, -0.2) is 0 Å². The summed E-state index contributed by atoms with van der Waals surface area (Å²) < 4.78 is 9.20. The molecule has 4 heteroatoms. The fraction of sp³-hybridized carbons (Fsp3) is 0.700. The van der Waals surface area contributed by atoms with Crippen LogP contribution in [0.15, 0.2) is 12.4 Å². The molecular formula is C10H13IN2O. The molecule has 1 atom stereocenters. The summed E-state index contributed by atoms with van der Waals surface area (Å²) in [6.45, 7) is 0.921. The van der Waals surface area contributed by atoms with Gasteiger partial charge >= 0.3 is 0 Å². The molecular weight excluding hydrogens is 291 g/mol. The molecule has 2 fully saturated rings. The Hall–Kier alpha value is -0.100. The van der Waals surface area contributed by atoms with Gasteiger partial charge in [-0.2, -0.15) is 5.10 Å². The lowest BCUT2D eigenvalue weighted by Crippen LogP contribution is -2.18. The highest BCUT2D eigenvalue weighted by atomic mass is 127. The number of nitrogens with zero attached hydrogens (tertiary/aromatic N) is 2. The van der Waals surface area contributed by atoms with Crippen LogP contribution in [0.2, 0.25) is 0 Å². The third-order valence-electron chi connectivity index (χ3n) is 3.14. The molecule has 3 nitrogen and oxygen atoms in total. The van der Waals surface area contributed by atoms with E-state index in [1.165, 1.54) is 29.3 Å². The minimum absolute atomic E-state index is 0.310. The van der Waals surface area contributed by atoms with E-state index in [9.17, 15) is 0 Å². The van der Waals surface area contributed by atoms with Gasteiger partial charge < -0.3 is 4.74 Å². The Balaban J connectivity index is 1.63. The third-order valence-corrected chi connectivity index (χ3v) is 3.70. The second-order valence-electron chi connectivity index (χ2n) is 4.34. The molecule has 0 bridgehead atoms. The van der Waals surface area contributed by atoms with Gasteiger partial charge in [0.2, 0.25) is 0 Å². The van der Waals surface area contributed by atoms with Crippen molar-refractivity contribution in [3.8, 4) is 0 Å². The summed E-state index contributed by atoms with van der Waals surface area (Å²) in [5, 5.41) is 4.28. The molecule has 1 aromatic rings. The SMILES string of the molecule is Ic1cnn(CC2CCC3(CC3)O2)c1. The summed E-state index contributed by atoms with van der Waals surface area (Å²) in [5.41, 5.74) is 0.310.